The zero-order valence-electron chi connectivity index (χ0n) is 15.0. The summed E-state index contributed by atoms with van der Waals surface area (Å²) in [5.74, 6) is 0.504. The van der Waals surface area contributed by atoms with Crippen LogP contribution < -0.4 is 0 Å². The van der Waals surface area contributed by atoms with Crippen LogP contribution in [0.3, 0.4) is 0 Å². The maximum absolute atomic E-state index is 6.31. The van der Waals surface area contributed by atoms with Crippen LogP contribution in [-0.2, 0) is 9.47 Å². The summed E-state index contributed by atoms with van der Waals surface area (Å²) in [6.07, 6.45) is 3.12. The molecule has 1 atom stereocenters. The molecule has 0 N–H and O–H groups in total. The van der Waals surface area contributed by atoms with Crippen molar-refractivity contribution in [2.45, 2.75) is 92.0 Å². The summed E-state index contributed by atoms with van der Waals surface area (Å²) in [6.45, 7) is 22.0. The van der Waals surface area contributed by atoms with Gasteiger partial charge in [0.2, 0.25) is 0 Å². The number of rotatable bonds is 10. The molecule has 1 unspecified atom stereocenters. The van der Waals surface area contributed by atoms with E-state index in [1.165, 1.54) is 5.57 Å². The number of hydrogen-bond acceptors (Lipinski definition) is 2. The second-order valence-corrected chi connectivity index (χ2v) is 7.43. The average molecular weight is 284 g/mol. The molecule has 0 aromatic carbocycles. The summed E-state index contributed by atoms with van der Waals surface area (Å²) in [4.78, 5) is 0. The Labute approximate surface area is 126 Å². The van der Waals surface area contributed by atoms with Gasteiger partial charge < -0.3 is 9.47 Å². The highest BCUT2D eigenvalue weighted by Crippen LogP contribution is 2.28. The van der Waals surface area contributed by atoms with Crippen molar-refractivity contribution in [2.24, 2.45) is 5.92 Å². The van der Waals surface area contributed by atoms with E-state index in [1.807, 2.05) is 6.92 Å². The molecule has 0 aliphatic heterocycles. The molecule has 0 aromatic heterocycles. The summed E-state index contributed by atoms with van der Waals surface area (Å²) in [5.41, 5.74) is 0.933. The van der Waals surface area contributed by atoms with E-state index >= 15 is 0 Å². The summed E-state index contributed by atoms with van der Waals surface area (Å²) in [7, 11) is 0. The average Bonchev–Trinajstić information content (AvgIpc) is 2.26. The smallest absolute Gasteiger partial charge is 0.0653 e. The fourth-order valence-corrected chi connectivity index (χ4v) is 1.94. The predicted molar refractivity (Wildman–Crippen MR) is 88.2 cm³/mol. The summed E-state index contributed by atoms with van der Waals surface area (Å²) in [5, 5.41) is 0. The Morgan fingerprint density at radius 2 is 1.70 bits per heavy atom. The molecular weight excluding hydrogens is 248 g/mol. The molecule has 0 aromatic rings. The Hall–Kier alpha value is -0.340. The van der Waals surface area contributed by atoms with Crippen LogP contribution in [0.15, 0.2) is 12.2 Å². The molecule has 0 saturated heterocycles. The van der Waals surface area contributed by atoms with Crippen molar-refractivity contribution in [1.82, 2.24) is 0 Å². The molecule has 0 rings (SSSR count). The summed E-state index contributed by atoms with van der Waals surface area (Å²) in [6, 6.07) is 0. The first-order valence-electron chi connectivity index (χ1n) is 7.96. The zero-order valence-corrected chi connectivity index (χ0v) is 15.0. The highest BCUT2D eigenvalue weighted by atomic mass is 16.5. The van der Waals surface area contributed by atoms with Gasteiger partial charge in [-0.05, 0) is 53.4 Å². The zero-order chi connectivity index (χ0) is 16.0. The van der Waals surface area contributed by atoms with Gasteiger partial charge in [-0.1, -0.05) is 26.3 Å². The monoisotopic (exact) mass is 284 g/mol. The Kier molecular flexibility index (Phi) is 8.05. The first-order chi connectivity index (χ1) is 9.00. The molecule has 120 valence electrons. The SMILES string of the molecule is C=C(C)CCOC(C)(C)CC(CC)OC(C)(C)C(C)C. The van der Waals surface area contributed by atoms with Gasteiger partial charge in [0.1, 0.15) is 0 Å². The molecule has 20 heavy (non-hydrogen) atoms. The van der Waals surface area contributed by atoms with Crippen LogP contribution in [0.1, 0.15) is 74.7 Å². The second kappa shape index (κ2) is 8.19. The van der Waals surface area contributed by atoms with E-state index in [-0.39, 0.29) is 17.3 Å². The van der Waals surface area contributed by atoms with Crippen LogP contribution in [0, 0.1) is 5.92 Å². The molecule has 2 nitrogen and oxygen atoms in total. The van der Waals surface area contributed by atoms with Crippen molar-refractivity contribution in [3.05, 3.63) is 12.2 Å². The lowest BCUT2D eigenvalue weighted by Gasteiger charge is -2.37. The Morgan fingerprint density at radius 3 is 2.10 bits per heavy atom. The van der Waals surface area contributed by atoms with Crippen molar-refractivity contribution >= 4 is 0 Å². The van der Waals surface area contributed by atoms with Crippen LogP contribution in [0.2, 0.25) is 0 Å². The Bertz CT molecular complexity index is 290. The highest BCUT2D eigenvalue weighted by molar-refractivity contribution is 4.88. The molecular formula is C18H36O2. The van der Waals surface area contributed by atoms with Gasteiger partial charge in [0.15, 0.2) is 0 Å². The normalized spacial score (nSPS) is 14.7. The number of hydrogen-bond donors (Lipinski definition) is 0. The molecule has 0 bridgehead atoms. The van der Waals surface area contributed by atoms with Crippen LogP contribution in [0.5, 0.6) is 0 Å². The van der Waals surface area contributed by atoms with Crippen molar-refractivity contribution in [3.8, 4) is 0 Å². The standard InChI is InChI=1S/C18H36O2/c1-10-16(20-18(8,9)15(4)5)13-17(6,7)19-12-11-14(2)3/h15-16H,2,10-13H2,1,3-9H3. The number of ether oxygens (including phenoxy) is 2. The predicted octanol–water partition coefficient (Wildman–Crippen LogP) is 5.37. The molecule has 0 aliphatic rings. The lowest BCUT2D eigenvalue weighted by molar-refractivity contribution is -0.131. The minimum absolute atomic E-state index is 0.0888. The fraction of sp³-hybridized carbons (Fsp3) is 0.889. The van der Waals surface area contributed by atoms with Gasteiger partial charge >= 0.3 is 0 Å². The van der Waals surface area contributed by atoms with E-state index < -0.39 is 0 Å². The van der Waals surface area contributed by atoms with Gasteiger partial charge in [-0.25, -0.2) is 0 Å². The molecule has 0 heterocycles. The highest BCUT2D eigenvalue weighted by Gasteiger charge is 2.30. The first kappa shape index (κ1) is 19.7. The van der Waals surface area contributed by atoms with Crippen LogP contribution in [-0.4, -0.2) is 23.9 Å². The molecule has 0 aliphatic carbocycles. The van der Waals surface area contributed by atoms with Gasteiger partial charge in [0.05, 0.1) is 23.9 Å². The minimum atomic E-state index is -0.150. The molecule has 0 radical (unpaired) electrons. The van der Waals surface area contributed by atoms with Crippen molar-refractivity contribution in [1.29, 1.82) is 0 Å². The van der Waals surface area contributed by atoms with Gasteiger partial charge in [0.25, 0.3) is 0 Å². The van der Waals surface area contributed by atoms with Gasteiger partial charge in [0, 0.05) is 6.42 Å². The maximum atomic E-state index is 6.31. The van der Waals surface area contributed by atoms with E-state index in [0.29, 0.717) is 5.92 Å². The third-order valence-corrected chi connectivity index (χ3v) is 4.06. The molecule has 0 fully saturated rings. The maximum Gasteiger partial charge on any atom is 0.0653 e. The lowest BCUT2D eigenvalue weighted by atomic mass is 9.92. The van der Waals surface area contributed by atoms with Crippen molar-refractivity contribution in [3.63, 3.8) is 0 Å². The summed E-state index contributed by atoms with van der Waals surface area (Å²) < 4.78 is 12.3. The van der Waals surface area contributed by atoms with E-state index in [1.54, 1.807) is 0 Å². The second-order valence-electron chi connectivity index (χ2n) is 7.43. The molecule has 0 amide bonds. The third kappa shape index (κ3) is 8.06. The van der Waals surface area contributed by atoms with E-state index in [9.17, 15) is 0 Å². The van der Waals surface area contributed by atoms with E-state index in [0.717, 1.165) is 25.9 Å². The Morgan fingerprint density at radius 1 is 1.15 bits per heavy atom. The Balaban J connectivity index is 4.43. The largest absolute Gasteiger partial charge is 0.375 e. The quantitative estimate of drug-likeness (QED) is 0.502. The van der Waals surface area contributed by atoms with Gasteiger partial charge in [-0.3, -0.25) is 0 Å². The molecule has 0 saturated carbocycles. The minimum Gasteiger partial charge on any atom is -0.375 e. The van der Waals surface area contributed by atoms with E-state index in [4.69, 9.17) is 9.47 Å². The van der Waals surface area contributed by atoms with Crippen LogP contribution in [0.25, 0.3) is 0 Å². The molecule has 2 heteroatoms. The topological polar surface area (TPSA) is 18.5 Å². The summed E-state index contributed by atoms with van der Waals surface area (Å²) >= 11 is 0. The van der Waals surface area contributed by atoms with Gasteiger partial charge in [-0.2, -0.15) is 0 Å². The van der Waals surface area contributed by atoms with Crippen molar-refractivity contribution < 1.29 is 9.47 Å². The van der Waals surface area contributed by atoms with Gasteiger partial charge in [-0.15, -0.1) is 6.58 Å². The van der Waals surface area contributed by atoms with Crippen LogP contribution >= 0.6 is 0 Å². The third-order valence-electron chi connectivity index (χ3n) is 4.06. The van der Waals surface area contributed by atoms with Crippen LogP contribution in [0.4, 0.5) is 0 Å². The van der Waals surface area contributed by atoms with Crippen molar-refractivity contribution in [2.75, 3.05) is 6.61 Å². The van der Waals surface area contributed by atoms with E-state index in [2.05, 4.69) is 55.0 Å². The fourth-order valence-electron chi connectivity index (χ4n) is 1.94. The lowest BCUT2D eigenvalue weighted by Crippen LogP contribution is -2.39. The first-order valence-corrected chi connectivity index (χ1v) is 7.96. The molecule has 0 spiro atoms.